The predicted molar refractivity (Wildman–Crippen MR) is 63.9 cm³/mol. The Balaban J connectivity index is 2.74. The summed E-state index contributed by atoms with van der Waals surface area (Å²) in [4.78, 5) is 21.7. The van der Waals surface area contributed by atoms with Crippen LogP contribution in [0.1, 0.15) is 15.9 Å². The first-order valence-corrected chi connectivity index (χ1v) is 5.34. The summed E-state index contributed by atoms with van der Waals surface area (Å²) in [6, 6.07) is 5.24. The number of carboxylic acid groups (broad SMARTS) is 1. The maximum Gasteiger partial charge on any atom is 0.322 e. The Kier molecular flexibility index (Phi) is 4.07. The summed E-state index contributed by atoms with van der Waals surface area (Å²) < 4.78 is 0.982. The lowest BCUT2D eigenvalue weighted by Crippen LogP contribution is -2.29. The molecule has 15 heavy (non-hydrogen) atoms. The maximum atomic E-state index is 11.4. The van der Waals surface area contributed by atoms with Crippen LogP contribution in [0.2, 0.25) is 0 Å². The molecule has 5 heteroatoms. The Morgan fingerprint density at radius 3 is 2.67 bits per heavy atom. The predicted octanol–water partition coefficient (Wildman–Crippen LogP) is 1.41. The van der Waals surface area contributed by atoms with Gasteiger partial charge < -0.3 is 10.4 Å². The zero-order valence-electron chi connectivity index (χ0n) is 8.08. The van der Waals surface area contributed by atoms with E-state index in [1.165, 1.54) is 0 Å². The molecule has 0 spiro atoms. The Bertz CT molecular complexity index is 404. The van der Waals surface area contributed by atoms with E-state index in [4.69, 9.17) is 5.11 Å². The summed E-state index contributed by atoms with van der Waals surface area (Å²) in [5, 5.41) is 10.7. The van der Waals surface area contributed by atoms with Crippen LogP contribution in [0, 0.1) is 10.5 Å². The fourth-order valence-electron chi connectivity index (χ4n) is 0.992. The average molecular weight is 319 g/mol. The summed E-state index contributed by atoms with van der Waals surface area (Å²) in [5.74, 6) is -1.42. The second kappa shape index (κ2) is 5.11. The van der Waals surface area contributed by atoms with Crippen molar-refractivity contribution in [1.29, 1.82) is 0 Å². The minimum atomic E-state index is -1.05. The third-order valence-electron chi connectivity index (χ3n) is 1.83. The highest BCUT2D eigenvalue weighted by molar-refractivity contribution is 14.1. The van der Waals surface area contributed by atoms with Crippen molar-refractivity contribution in [2.75, 3.05) is 6.54 Å². The van der Waals surface area contributed by atoms with Gasteiger partial charge in [0.15, 0.2) is 0 Å². The molecule has 0 saturated heterocycles. The Hall–Kier alpha value is -1.11. The third-order valence-corrected chi connectivity index (χ3v) is 3.00. The number of amides is 1. The molecule has 0 aliphatic rings. The van der Waals surface area contributed by atoms with E-state index in [-0.39, 0.29) is 12.5 Å². The molecule has 0 saturated carbocycles. The Morgan fingerprint density at radius 2 is 2.13 bits per heavy atom. The number of carboxylic acids is 1. The van der Waals surface area contributed by atoms with E-state index >= 15 is 0 Å². The van der Waals surface area contributed by atoms with E-state index in [1.807, 2.05) is 13.0 Å². The van der Waals surface area contributed by atoms with Gasteiger partial charge >= 0.3 is 5.97 Å². The van der Waals surface area contributed by atoms with Gasteiger partial charge in [0.1, 0.15) is 6.54 Å². The third kappa shape index (κ3) is 3.50. The van der Waals surface area contributed by atoms with Crippen molar-refractivity contribution in [3.8, 4) is 0 Å². The average Bonchev–Trinajstić information content (AvgIpc) is 2.18. The molecule has 0 aliphatic heterocycles. The second-order valence-corrected chi connectivity index (χ2v) is 4.20. The fraction of sp³-hybridized carbons (Fsp3) is 0.200. The monoisotopic (exact) mass is 319 g/mol. The van der Waals surface area contributed by atoms with Crippen molar-refractivity contribution < 1.29 is 14.7 Å². The second-order valence-electron chi connectivity index (χ2n) is 3.04. The maximum absolute atomic E-state index is 11.4. The first-order chi connectivity index (χ1) is 7.00. The van der Waals surface area contributed by atoms with Crippen LogP contribution in [0.5, 0.6) is 0 Å². The van der Waals surface area contributed by atoms with Crippen molar-refractivity contribution >= 4 is 34.5 Å². The molecule has 0 fully saturated rings. The quantitative estimate of drug-likeness (QED) is 0.828. The summed E-state index contributed by atoms with van der Waals surface area (Å²) in [6.45, 7) is 1.59. The summed E-state index contributed by atoms with van der Waals surface area (Å²) in [5.41, 5.74) is 1.57. The van der Waals surface area contributed by atoms with Gasteiger partial charge in [-0.25, -0.2) is 0 Å². The number of carbonyl (C=O) groups is 2. The molecule has 0 atom stereocenters. The van der Waals surface area contributed by atoms with Crippen molar-refractivity contribution in [3.05, 3.63) is 32.9 Å². The normalized spacial score (nSPS) is 9.73. The molecular formula is C10H10INO3. The van der Waals surface area contributed by atoms with Gasteiger partial charge in [0.05, 0.1) is 0 Å². The fourth-order valence-corrected chi connectivity index (χ4v) is 1.51. The Morgan fingerprint density at radius 1 is 1.47 bits per heavy atom. The molecule has 0 unspecified atom stereocenters. The van der Waals surface area contributed by atoms with Crippen LogP contribution in [0.15, 0.2) is 18.2 Å². The zero-order valence-corrected chi connectivity index (χ0v) is 10.2. The van der Waals surface area contributed by atoms with Gasteiger partial charge in [-0.3, -0.25) is 9.59 Å². The van der Waals surface area contributed by atoms with E-state index in [1.54, 1.807) is 12.1 Å². The van der Waals surface area contributed by atoms with Gasteiger partial charge in [0, 0.05) is 9.13 Å². The smallest absolute Gasteiger partial charge is 0.322 e. The van der Waals surface area contributed by atoms with E-state index in [9.17, 15) is 9.59 Å². The molecule has 0 radical (unpaired) electrons. The molecular weight excluding hydrogens is 309 g/mol. The first-order valence-electron chi connectivity index (χ1n) is 4.27. The molecule has 4 nitrogen and oxygen atoms in total. The molecule has 0 heterocycles. The molecule has 80 valence electrons. The van der Waals surface area contributed by atoms with Crippen molar-refractivity contribution in [3.63, 3.8) is 0 Å². The minimum absolute atomic E-state index is 0.358. The summed E-state index contributed by atoms with van der Waals surface area (Å²) in [7, 11) is 0. The Labute approximate surface area is 101 Å². The van der Waals surface area contributed by atoms with Gasteiger partial charge in [-0.05, 0) is 47.2 Å². The minimum Gasteiger partial charge on any atom is -0.480 e. The standard InChI is InChI=1S/C10H10INO3/c1-6-2-3-7(4-8(6)11)10(15)12-5-9(13)14/h2-4H,5H2,1H3,(H,12,15)(H,13,14). The molecule has 1 aromatic carbocycles. The van der Waals surface area contributed by atoms with Crippen LogP contribution in [0.4, 0.5) is 0 Å². The van der Waals surface area contributed by atoms with E-state index in [0.717, 1.165) is 9.13 Å². The van der Waals surface area contributed by atoms with E-state index < -0.39 is 5.97 Å². The lowest BCUT2D eigenvalue weighted by Gasteiger charge is -2.04. The van der Waals surface area contributed by atoms with Crippen LogP contribution >= 0.6 is 22.6 Å². The lowest BCUT2D eigenvalue weighted by atomic mass is 10.1. The zero-order chi connectivity index (χ0) is 11.4. The van der Waals surface area contributed by atoms with Crippen LogP contribution in [0.3, 0.4) is 0 Å². The largest absolute Gasteiger partial charge is 0.480 e. The molecule has 1 rings (SSSR count). The van der Waals surface area contributed by atoms with E-state index in [0.29, 0.717) is 5.56 Å². The van der Waals surface area contributed by atoms with Crippen molar-refractivity contribution in [2.45, 2.75) is 6.92 Å². The van der Waals surface area contributed by atoms with Gasteiger partial charge in [-0.15, -0.1) is 0 Å². The first kappa shape index (κ1) is 12.0. The van der Waals surface area contributed by atoms with Gasteiger partial charge in [-0.2, -0.15) is 0 Å². The van der Waals surface area contributed by atoms with Gasteiger partial charge in [0.25, 0.3) is 5.91 Å². The molecule has 0 aliphatic carbocycles. The molecule has 1 aromatic rings. The topological polar surface area (TPSA) is 66.4 Å². The van der Waals surface area contributed by atoms with Crippen LogP contribution in [0.25, 0.3) is 0 Å². The number of aryl methyl sites for hydroxylation is 1. The van der Waals surface area contributed by atoms with Gasteiger partial charge in [0.2, 0.25) is 0 Å². The van der Waals surface area contributed by atoms with Crippen molar-refractivity contribution in [2.24, 2.45) is 0 Å². The SMILES string of the molecule is Cc1ccc(C(=O)NCC(=O)O)cc1I. The highest BCUT2D eigenvalue weighted by Crippen LogP contribution is 2.13. The number of nitrogens with one attached hydrogen (secondary N) is 1. The van der Waals surface area contributed by atoms with E-state index in [2.05, 4.69) is 27.9 Å². The van der Waals surface area contributed by atoms with Crippen LogP contribution in [-0.2, 0) is 4.79 Å². The van der Waals surface area contributed by atoms with Crippen molar-refractivity contribution in [1.82, 2.24) is 5.32 Å². The number of carbonyl (C=O) groups excluding carboxylic acids is 1. The highest BCUT2D eigenvalue weighted by atomic mass is 127. The number of hydrogen-bond acceptors (Lipinski definition) is 2. The molecule has 1 amide bonds. The summed E-state index contributed by atoms with van der Waals surface area (Å²) in [6.07, 6.45) is 0. The number of benzene rings is 1. The number of hydrogen-bond donors (Lipinski definition) is 2. The molecule has 0 bridgehead atoms. The van der Waals surface area contributed by atoms with Crippen LogP contribution in [-0.4, -0.2) is 23.5 Å². The lowest BCUT2D eigenvalue weighted by molar-refractivity contribution is -0.135. The molecule has 2 N–H and O–H groups in total. The van der Waals surface area contributed by atoms with Crippen LogP contribution < -0.4 is 5.32 Å². The molecule has 0 aromatic heterocycles. The summed E-state index contributed by atoms with van der Waals surface area (Å²) >= 11 is 2.13. The van der Waals surface area contributed by atoms with Gasteiger partial charge in [-0.1, -0.05) is 6.07 Å². The number of aliphatic carboxylic acids is 1. The number of halogens is 1. The highest BCUT2D eigenvalue weighted by Gasteiger charge is 2.07. The number of rotatable bonds is 3.